The number of nitrogens with zero attached hydrogens (tertiary/aromatic N) is 4. The number of anilines is 1. The third kappa shape index (κ3) is 8.02. The number of aromatic amines is 1. The SMILES string of the molecule is CC1(NCCCN2CCCCCC2)CC(/C=C/c2cccc(C(F)(F)F)c2)=NC(Nc2cc(C3CC3)[nH]n2)=N1. The third-order valence-corrected chi connectivity index (χ3v) is 7.52. The van der Waals surface area contributed by atoms with Gasteiger partial charge in [-0.3, -0.25) is 10.4 Å². The van der Waals surface area contributed by atoms with Gasteiger partial charge in [0.2, 0.25) is 5.96 Å². The highest BCUT2D eigenvalue weighted by molar-refractivity contribution is 6.10. The molecule has 0 radical (unpaired) electrons. The van der Waals surface area contributed by atoms with Crippen molar-refractivity contribution in [3.63, 3.8) is 0 Å². The summed E-state index contributed by atoms with van der Waals surface area (Å²) < 4.78 is 39.5. The van der Waals surface area contributed by atoms with E-state index in [-0.39, 0.29) is 0 Å². The lowest BCUT2D eigenvalue weighted by Gasteiger charge is -2.31. The van der Waals surface area contributed by atoms with Gasteiger partial charge in [0.05, 0.1) is 5.56 Å². The van der Waals surface area contributed by atoms with Gasteiger partial charge in [0.1, 0.15) is 5.66 Å². The zero-order valence-electron chi connectivity index (χ0n) is 22.5. The molecule has 3 heterocycles. The third-order valence-electron chi connectivity index (χ3n) is 7.52. The topological polar surface area (TPSA) is 80.7 Å². The fourth-order valence-corrected chi connectivity index (χ4v) is 5.23. The molecule has 0 bridgehead atoms. The van der Waals surface area contributed by atoms with Crippen molar-refractivity contribution in [3.8, 4) is 0 Å². The summed E-state index contributed by atoms with van der Waals surface area (Å²) >= 11 is 0. The summed E-state index contributed by atoms with van der Waals surface area (Å²) in [5.74, 6) is 1.64. The summed E-state index contributed by atoms with van der Waals surface area (Å²) in [5, 5.41) is 14.3. The van der Waals surface area contributed by atoms with Crippen LogP contribution >= 0.6 is 0 Å². The monoisotopic (exact) mass is 541 g/mol. The standard InChI is InChI=1S/C29H38F3N7/c1-28(33-14-7-17-39-15-4-2-3-5-16-39)20-24(13-10-21-8-6-9-23(18-21)29(30,31)32)34-27(36-28)35-26-19-25(37-38-26)22-11-12-22/h6,8-10,13,18-19,22,33H,2-5,7,11-12,14-17,20H2,1H3,(H2,35,36,37,38)/b13-10+. The zero-order chi connectivity index (χ0) is 27.3. The molecule has 1 atom stereocenters. The van der Waals surface area contributed by atoms with E-state index in [0.29, 0.717) is 29.7 Å². The van der Waals surface area contributed by atoms with Gasteiger partial charge in [-0.05, 0) is 89.0 Å². The Morgan fingerprint density at radius 2 is 1.90 bits per heavy atom. The molecule has 1 saturated heterocycles. The highest BCUT2D eigenvalue weighted by Crippen LogP contribution is 2.39. The summed E-state index contributed by atoms with van der Waals surface area (Å²) in [6, 6.07) is 7.30. The first-order valence-electron chi connectivity index (χ1n) is 14.1. The lowest BCUT2D eigenvalue weighted by atomic mass is 10.0. The van der Waals surface area contributed by atoms with E-state index in [1.807, 2.05) is 13.0 Å². The second-order valence-corrected chi connectivity index (χ2v) is 11.1. The minimum Gasteiger partial charge on any atom is -0.308 e. The van der Waals surface area contributed by atoms with Gasteiger partial charge in [-0.1, -0.05) is 31.1 Å². The zero-order valence-corrected chi connectivity index (χ0v) is 22.5. The molecule has 2 fully saturated rings. The second kappa shape index (κ2) is 12.0. The number of allylic oxidation sites excluding steroid dienone is 1. The predicted octanol–water partition coefficient (Wildman–Crippen LogP) is 6.20. The fourth-order valence-electron chi connectivity index (χ4n) is 5.23. The highest BCUT2D eigenvalue weighted by Gasteiger charge is 2.31. The largest absolute Gasteiger partial charge is 0.416 e. The first-order chi connectivity index (χ1) is 18.8. The first-order valence-corrected chi connectivity index (χ1v) is 14.1. The summed E-state index contributed by atoms with van der Waals surface area (Å²) in [5.41, 5.74) is 1.03. The maximum Gasteiger partial charge on any atom is 0.416 e. The average molecular weight is 542 g/mol. The number of H-pyrrole nitrogens is 1. The number of hydrogen-bond donors (Lipinski definition) is 3. The lowest BCUT2D eigenvalue weighted by Crippen LogP contribution is -2.46. The summed E-state index contributed by atoms with van der Waals surface area (Å²) in [6.45, 7) is 6.25. The van der Waals surface area contributed by atoms with Gasteiger partial charge in [0, 0.05) is 29.8 Å². The Hall–Kier alpha value is -2.98. The number of halogens is 3. The van der Waals surface area contributed by atoms with Gasteiger partial charge in [-0.25, -0.2) is 9.98 Å². The van der Waals surface area contributed by atoms with E-state index < -0.39 is 17.4 Å². The van der Waals surface area contributed by atoms with Crippen LogP contribution in [0.1, 0.15) is 81.0 Å². The number of alkyl halides is 3. The van der Waals surface area contributed by atoms with Crippen LogP contribution in [0.2, 0.25) is 0 Å². The Bertz CT molecular complexity index is 1200. The molecule has 1 aliphatic carbocycles. The number of benzene rings is 1. The minimum atomic E-state index is -4.38. The smallest absolute Gasteiger partial charge is 0.308 e. The van der Waals surface area contributed by atoms with E-state index in [9.17, 15) is 13.2 Å². The molecular formula is C29H38F3N7. The number of aromatic nitrogens is 2. The quantitative estimate of drug-likeness (QED) is 0.330. The summed E-state index contributed by atoms with van der Waals surface area (Å²) in [7, 11) is 0. The van der Waals surface area contributed by atoms with Crippen molar-refractivity contribution in [3.05, 3.63) is 53.2 Å². The normalized spacial score (nSPS) is 23.0. The molecule has 3 N–H and O–H groups in total. The molecule has 2 aromatic rings. The Morgan fingerprint density at radius 3 is 2.64 bits per heavy atom. The molecule has 1 aromatic carbocycles. The molecule has 3 aliphatic rings. The van der Waals surface area contributed by atoms with E-state index in [1.165, 1.54) is 57.7 Å². The van der Waals surface area contributed by atoms with Gasteiger partial charge in [0.25, 0.3) is 0 Å². The van der Waals surface area contributed by atoms with Crippen LogP contribution in [0.15, 0.2) is 46.4 Å². The van der Waals surface area contributed by atoms with Crippen LogP contribution in [0.4, 0.5) is 19.0 Å². The molecular weight excluding hydrogens is 503 g/mol. The summed E-state index contributed by atoms with van der Waals surface area (Å²) in [4.78, 5) is 12.1. The highest BCUT2D eigenvalue weighted by atomic mass is 19.4. The molecule has 7 nitrogen and oxygen atoms in total. The van der Waals surface area contributed by atoms with Crippen molar-refractivity contribution >= 4 is 23.6 Å². The van der Waals surface area contributed by atoms with Crippen LogP contribution in [-0.4, -0.2) is 58.6 Å². The molecule has 1 aromatic heterocycles. The van der Waals surface area contributed by atoms with Crippen molar-refractivity contribution < 1.29 is 13.2 Å². The average Bonchev–Trinajstić information content (AvgIpc) is 3.69. The van der Waals surface area contributed by atoms with Gasteiger partial charge >= 0.3 is 6.18 Å². The van der Waals surface area contributed by atoms with Crippen LogP contribution in [0.3, 0.4) is 0 Å². The maximum absolute atomic E-state index is 13.2. The predicted molar refractivity (Wildman–Crippen MR) is 150 cm³/mol. The molecule has 1 unspecified atom stereocenters. The molecule has 39 heavy (non-hydrogen) atoms. The van der Waals surface area contributed by atoms with Crippen molar-refractivity contribution in [2.45, 2.75) is 76.0 Å². The number of likely N-dealkylation sites (tertiary alicyclic amines) is 1. The minimum absolute atomic E-state index is 0.432. The molecule has 0 amide bonds. The Labute approximate surface area is 228 Å². The van der Waals surface area contributed by atoms with Crippen molar-refractivity contribution in [2.24, 2.45) is 9.98 Å². The van der Waals surface area contributed by atoms with Gasteiger partial charge in [-0.15, -0.1) is 0 Å². The summed E-state index contributed by atoms with van der Waals surface area (Å²) in [6.07, 6.45) is 8.16. The van der Waals surface area contributed by atoms with Crippen LogP contribution < -0.4 is 10.6 Å². The number of nitrogens with one attached hydrogen (secondary N) is 3. The van der Waals surface area contributed by atoms with Crippen LogP contribution in [-0.2, 0) is 6.18 Å². The van der Waals surface area contributed by atoms with Gasteiger partial charge in [-0.2, -0.15) is 18.3 Å². The number of hydrogen-bond acceptors (Lipinski definition) is 6. The lowest BCUT2D eigenvalue weighted by molar-refractivity contribution is -0.137. The molecule has 210 valence electrons. The molecule has 5 rings (SSSR count). The Balaban J connectivity index is 1.28. The van der Waals surface area contributed by atoms with Crippen molar-refractivity contribution in [2.75, 3.05) is 31.5 Å². The van der Waals surface area contributed by atoms with Gasteiger partial charge < -0.3 is 10.2 Å². The number of guanidine groups is 1. The van der Waals surface area contributed by atoms with E-state index in [2.05, 4.69) is 30.7 Å². The van der Waals surface area contributed by atoms with Crippen LogP contribution in [0, 0.1) is 0 Å². The Kier molecular flexibility index (Phi) is 8.52. The second-order valence-electron chi connectivity index (χ2n) is 11.1. The van der Waals surface area contributed by atoms with Crippen molar-refractivity contribution in [1.82, 2.24) is 20.4 Å². The maximum atomic E-state index is 13.2. The van der Waals surface area contributed by atoms with Crippen LogP contribution in [0.5, 0.6) is 0 Å². The number of aliphatic imine (C=N–C) groups is 2. The van der Waals surface area contributed by atoms with E-state index in [1.54, 1.807) is 18.2 Å². The van der Waals surface area contributed by atoms with Gasteiger partial charge in [0.15, 0.2) is 5.82 Å². The Morgan fingerprint density at radius 1 is 1.10 bits per heavy atom. The van der Waals surface area contributed by atoms with Crippen LogP contribution in [0.25, 0.3) is 6.08 Å². The molecule has 0 spiro atoms. The van der Waals surface area contributed by atoms with E-state index >= 15 is 0 Å². The fraction of sp³-hybridized carbons (Fsp3) is 0.552. The van der Waals surface area contributed by atoms with E-state index in [0.717, 1.165) is 43.0 Å². The number of rotatable bonds is 9. The molecule has 2 aliphatic heterocycles. The van der Waals surface area contributed by atoms with Crippen molar-refractivity contribution in [1.29, 1.82) is 0 Å². The molecule has 10 heteroatoms. The molecule has 1 saturated carbocycles. The first kappa shape index (κ1) is 27.6. The van der Waals surface area contributed by atoms with E-state index in [4.69, 9.17) is 4.99 Å².